The van der Waals surface area contributed by atoms with Crippen LogP contribution in [0.3, 0.4) is 0 Å². The van der Waals surface area contributed by atoms with Crippen LogP contribution in [-0.4, -0.2) is 14.6 Å². The van der Waals surface area contributed by atoms with E-state index in [9.17, 15) is 8.78 Å². The molecule has 0 saturated heterocycles. The van der Waals surface area contributed by atoms with Gasteiger partial charge in [-0.25, -0.2) is 18.3 Å². The Balaban J connectivity index is 1.75. The van der Waals surface area contributed by atoms with Gasteiger partial charge < -0.3 is 4.74 Å². The fraction of sp³-hybridized carbons (Fsp3) is 0.100. The van der Waals surface area contributed by atoms with Crippen molar-refractivity contribution in [3.63, 3.8) is 0 Å². The van der Waals surface area contributed by atoms with Gasteiger partial charge in [-0.1, -0.05) is 6.07 Å². The van der Waals surface area contributed by atoms with Crippen LogP contribution in [-0.2, 0) is 0 Å². The van der Waals surface area contributed by atoms with E-state index < -0.39 is 6.43 Å². The van der Waals surface area contributed by atoms with Gasteiger partial charge in [-0.3, -0.25) is 0 Å². The number of hydrogen-bond acceptors (Lipinski definition) is 3. The van der Waals surface area contributed by atoms with Crippen molar-refractivity contribution in [2.24, 2.45) is 0 Å². The molecule has 0 radical (unpaired) electrons. The molecule has 4 aromatic rings. The van der Waals surface area contributed by atoms with Gasteiger partial charge in [0, 0.05) is 11.8 Å². The average molecular weight is 351 g/mol. The summed E-state index contributed by atoms with van der Waals surface area (Å²) in [6.07, 6.45) is 0.844. The number of halogens is 2. The van der Waals surface area contributed by atoms with Crippen LogP contribution in [0.1, 0.15) is 17.6 Å². The molecule has 0 aliphatic rings. The Labute approximate surface area is 148 Å². The van der Waals surface area contributed by atoms with E-state index in [0.29, 0.717) is 17.2 Å². The molecule has 6 heteroatoms. The molecule has 0 atom stereocenters. The number of aromatic nitrogens is 3. The first kappa shape index (κ1) is 16.2. The Kier molecular flexibility index (Phi) is 4.08. The number of ether oxygens (including phenoxy) is 1. The Morgan fingerprint density at radius 1 is 1.00 bits per heavy atom. The summed E-state index contributed by atoms with van der Waals surface area (Å²) in [4.78, 5) is 4.32. The standard InChI is InChI=1S/C20H15F2N3O/c1-13-12-15(7-8-16(13)19(21)22)26-20-17(5-3-10-23-20)18-6-2-4-14-9-11-24-25(14)18/h2-12,19H,1H3. The third kappa shape index (κ3) is 2.90. The maximum atomic E-state index is 12.9. The number of alkyl halides is 2. The third-order valence-electron chi connectivity index (χ3n) is 4.16. The topological polar surface area (TPSA) is 39.4 Å². The zero-order valence-corrected chi connectivity index (χ0v) is 13.9. The van der Waals surface area contributed by atoms with Gasteiger partial charge in [-0.05, 0) is 61.0 Å². The van der Waals surface area contributed by atoms with Crippen LogP contribution in [0.15, 0.2) is 67.0 Å². The smallest absolute Gasteiger partial charge is 0.264 e. The minimum absolute atomic E-state index is 0.0000895. The van der Waals surface area contributed by atoms with Crippen LogP contribution in [0.5, 0.6) is 11.6 Å². The van der Waals surface area contributed by atoms with Gasteiger partial charge in [-0.2, -0.15) is 5.10 Å². The molecule has 1 aromatic carbocycles. The maximum absolute atomic E-state index is 12.9. The normalized spacial score (nSPS) is 11.2. The van der Waals surface area contributed by atoms with Gasteiger partial charge in [0.1, 0.15) is 5.75 Å². The Bertz CT molecular complexity index is 1080. The lowest BCUT2D eigenvalue weighted by molar-refractivity contribution is 0.150. The highest BCUT2D eigenvalue weighted by Crippen LogP contribution is 2.33. The summed E-state index contributed by atoms with van der Waals surface area (Å²) in [5.41, 5.74) is 3.02. The lowest BCUT2D eigenvalue weighted by atomic mass is 10.1. The van der Waals surface area contributed by atoms with Crippen molar-refractivity contribution >= 4 is 5.52 Å². The molecule has 3 heterocycles. The first-order valence-corrected chi connectivity index (χ1v) is 8.08. The Morgan fingerprint density at radius 3 is 2.69 bits per heavy atom. The highest BCUT2D eigenvalue weighted by Gasteiger charge is 2.14. The van der Waals surface area contributed by atoms with Crippen molar-refractivity contribution in [1.29, 1.82) is 0 Å². The summed E-state index contributed by atoms with van der Waals surface area (Å²) in [6.45, 7) is 1.64. The monoisotopic (exact) mass is 351 g/mol. The zero-order chi connectivity index (χ0) is 18.1. The number of benzene rings is 1. The van der Waals surface area contributed by atoms with Crippen molar-refractivity contribution < 1.29 is 13.5 Å². The molecule has 0 aliphatic carbocycles. The molecule has 0 spiro atoms. The molecule has 0 N–H and O–H groups in total. The zero-order valence-electron chi connectivity index (χ0n) is 13.9. The van der Waals surface area contributed by atoms with E-state index in [1.165, 1.54) is 12.1 Å². The Morgan fingerprint density at radius 2 is 1.88 bits per heavy atom. The van der Waals surface area contributed by atoms with Gasteiger partial charge in [0.25, 0.3) is 6.43 Å². The minimum atomic E-state index is -2.51. The van der Waals surface area contributed by atoms with E-state index in [1.54, 1.807) is 29.9 Å². The molecule has 0 aliphatic heterocycles. The molecule has 4 nitrogen and oxygen atoms in total. The number of rotatable bonds is 4. The second kappa shape index (κ2) is 6.55. The molecule has 0 bridgehead atoms. The third-order valence-corrected chi connectivity index (χ3v) is 4.16. The Hall–Kier alpha value is -3.28. The number of nitrogens with zero attached hydrogens (tertiary/aromatic N) is 3. The number of aryl methyl sites for hydroxylation is 1. The molecule has 26 heavy (non-hydrogen) atoms. The summed E-state index contributed by atoms with van der Waals surface area (Å²) in [7, 11) is 0. The van der Waals surface area contributed by atoms with Crippen molar-refractivity contribution in [3.8, 4) is 22.9 Å². The summed E-state index contributed by atoms with van der Waals surface area (Å²) in [6, 6.07) is 15.9. The van der Waals surface area contributed by atoms with E-state index in [-0.39, 0.29) is 5.56 Å². The van der Waals surface area contributed by atoms with Crippen LogP contribution in [0.2, 0.25) is 0 Å². The number of hydrogen-bond donors (Lipinski definition) is 0. The van der Waals surface area contributed by atoms with Gasteiger partial charge in [0.2, 0.25) is 5.88 Å². The van der Waals surface area contributed by atoms with E-state index in [4.69, 9.17) is 4.74 Å². The van der Waals surface area contributed by atoms with Crippen LogP contribution < -0.4 is 4.74 Å². The van der Waals surface area contributed by atoms with Crippen molar-refractivity contribution in [3.05, 3.63) is 78.1 Å². The van der Waals surface area contributed by atoms with Crippen molar-refractivity contribution in [2.45, 2.75) is 13.3 Å². The van der Waals surface area contributed by atoms with Gasteiger partial charge in [0.05, 0.1) is 23.0 Å². The molecule has 0 unspecified atom stereocenters. The van der Waals surface area contributed by atoms with Crippen LogP contribution in [0.4, 0.5) is 8.78 Å². The predicted molar refractivity (Wildman–Crippen MR) is 94.6 cm³/mol. The van der Waals surface area contributed by atoms with E-state index in [1.807, 2.05) is 36.4 Å². The molecular weight excluding hydrogens is 336 g/mol. The molecular formula is C20H15F2N3O. The lowest BCUT2D eigenvalue weighted by Gasteiger charge is -2.12. The van der Waals surface area contributed by atoms with Gasteiger partial charge in [-0.15, -0.1) is 0 Å². The predicted octanol–water partition coefficient (Wildman–Crippen LogP) is 5.43. The van der Waals surface area contributed by atoms with E-state index in [2.05, 4.69) is 10.1 Å². The van der Waals surface area contributed by atoms with Crippen LogP contribution in [0.25, 0.3) is 16.8 Å². The first-order valence-electron chi connectivity index (χ1n) is 8.08. The molecule has 4 rings (SSSR count). The number of fused-ring (bicyclic) bond motifs is 1. The molecule has 0 amide bonds. The van der Waals surface area contributed by atoms with Gasteiger partial charge >= 0.3 is 0 Å². The largest absolute Gasteiger partial charge is 0.438 e. The summed E-state index contributed by atoms with van der Waals surface area (Å²) < 4.78 is 33.6. The second-order valence-electron chi connectivity index (χ2n) is 5.86. The minimum Gasteiger partial charge on any atom is -0.438 e. The second-order valence-corrected chi connectivity index (χ2v) is 5.86. The SMILES string of the molecule is Cc1cc(Oc2ncccc2-c2cccc3ccnn23)ccc1C(F)F. The van der Waals surface area contributed by atoms with Crippen LogP contribution in [0, 0.1) is 6.92 Å². The summed E-state index contributed by atoms with van der Waals surface area (Å²) in [5.74, 6) is 0.846. The highest BCUT2D eigenvalue weighted by molar-refractivity contribution is 5.69. The van der Waals surface area contributed by atoms with E-state index >= 15 is 0 Å². The number of pyridine rings is 2. The van der Waals surface area contributed by atoms with E-state index in [0.717, 1.165) is 16.8 Å². The molecule has 3 aromatic heterocycles. The molecule has 130 valence electrons. The summed E-state index contributed by atoms with van der Waals surface area (Å²) >= 11 is 0. The van der Waals surface area contributed by atoms with Crippen LogP contribution >= 0.6 is 0 Å². The molecule has 0 saturated carbocycles. The average Bonchev–Trinajstić information content (AvgIpc) is 3.11. The quantitative estimate of drug-likeness (QED) is 0.492. The highest BCUT2D eigenvalue weighted by atomic mass is 19.3. The lowest BCUT2D eigenvalue weighted by Crippen LogP contribution is -1.98. The van der Waals surface area contributed by atoms with Crippen molar-refractivity contribution in [2.75, 3.05) is 0 Å². The molecule has 0 fully saturated rings. The summed E-state index contributed by atoms with van der Waals surface area (Å²) in [5, 5.41) is 4.34. The maximum Gasteiger partial charge on any atom is 0.264 e. The van der Waals surface area contributed by atoms with Gasteiger partial charge in [0.15, 0.2) is 0 Å². The first-order chi connectivity index (χ1) is 12.6. The fourth-order valence-electron chi connectivity index (χ4n) is 2.89. The fourth-order valence-corrected chi connectivity index (χ4v) is 2.89. The van der Waals surface area contributed by atoms with Crippen molar-refractivity contribution in [1.82, 2.24) is 14.6 Å².